The third-order valence-electron chi connectivity index (χ3n) is 4.32. The van der Waals surface area contributed by atoms with Gasteiger partial charge in [0.1, 0.15) is 0 Å². The minimum absolute atomic E-state index is 0.0298. The standard InChI is InChI=1S/C20H23NO2/c1-20(2,13-22)21-12-19(23)16-10-9-15-8-7-14-5-3-4-6-17(14)18(15)11-16/h3-11,19,21-23H,12-13H2,1-2H3/t19-/m1/s1. The normalized spacial score (nSPS) is 13.6. The number of aliphatic hydroxyl groups is 2. The summed E-state index contributed by atoms with van der Waals surface area (Å²) in [5.41, 5.74) is 0.486. The third kappa shape index (κ3) is 3.37. The van der Waals surface area contributed by atoms with Crippen molar-refractivity contribution >= 4 is 21.5 Å². The Morgan fingerprint density at radius 3 is 2.35 bits per heavy atom. The molecule has 3 heteroatoms. The fourth-order valence-corrected chi connectivity index (χ4v) is 2.77. The minimum Gasteiger partial charge on any atom is -0.394 e. The van der Waals surface area contributed by atoms with Gasteiger partial charge in [-0.2, -0.15) is 0 Å². The Labute approximate surface area is 136 Å². The van der Waals surface area contributed by atoms with E-state index in [1.807, 2.05) is 32.0 Å². The van der Waals surface area contributed by atoms with Crippen molar-refractivity contribution in [2.45, 2.75) is 25.5 Å². The Morgan fingerprint density at radius 1 is 0.957 bits per heavy atom. The highest BCUT2D eigenvalue weighted by atomic mass is 16.3. The second kappa shape index (κ2) is 6.28. The van der Waals surface area contributed by atoms with Crippen LogP contribution in [0.15, 0.2) is 54.6 Å². The van der Waals surface area contributed by atoms with Crippen molar-refractivity contribution in [2.75, 3.05) is 13.2 Å². The number of hydrogen-bond donors (Lipinski definition) is 3. The highest BCUT2D eigenvalue weighted by Crippen LogP contribution is 2.28. The average molecular weight is 309 g/mol. The Kier molecular flexibility index (Phi) is 4.35. The third-order valence-corrected chi connectivity index (χ3v) is 4.32. The van der Waals surface area contributed by atoms with Gasteiger partial charge >= 0.3 is 0 Å². The Balaban J connectivity index is 1.94. The Morgan fingerprint density at radius 2 is 1.61 bits per heavy atom. The van der Waals surface area contributed by atoms with Crippen molar-refractivity contribution in [3.05, 3.63) is 60.2 Å². The van der Waals surface area contributed by atoms with Crippen LogP contribution in [-0.4, -0.2) is 28.9 Å². The fourth-order valence-electron chi connectivity index (χ4n) is 2.77. The molecule has 120 valence electrons. The molecule has 0 spiro atoms. The van der Waals surface area contributed by atoms with Gasteiger partial charge in [0, 0.05) is 12.1 Å². The predicted octanol–water partition coefficient (Wildman–Crippen LogP) is 3.39. The summed E-state index contributed by atoms with van der Waals surface area (Å²) < 4.78 is 0. The molecule has 23 heavy (non-hydrogen) atoms. The Hall–Kier alpha value is -1.94. The average Bonchev–Trinajstić information content (AvgIpc) is 2.59. The Bertz CT molecular complexity index is 826. The van der Waals surface area contributed by atoms with E-state index in [1.54, 1.807) is 0 Å². The van der Waals surface area contributed by atoms with Crippen molar-refractivity contribution in [3.63, 3.8) is 0 Å². The summed E-state index contributed by atoms with van der Waals surface area (Å²) in [6, 6.07) is 18.6. The summed E-state index contributed by atoms with van der Waals surface area (Å²) in [4.78, 5) is 0. The molecule has 0 aliphatic carbocycles. The maximum Gasteiger partial charge on any atom is 0.0914 e. The molecular weight excluding hydrogens is 286 g/mol. The molecule has 0 saturated carbocycles. The zero-order valence-electron chi connectivity index (χ0n) is 13.6. The summed E-state index contributed by atoms with van der Waals surface area (Å²) in [6.07, 6.45) is -0.607. The molecule has 0 saturated heterocycles. The van der Waals surface area contributed by atoms with Crippen LogP contribution >= 0.6 is 0 Å². The van der Waals surface area contributed by atoms with E-state index in [1.165, 1.54) is 16.2 Å². The number of benzene rings is 3. The smallest absolute Gasteiger partial charge is 0.0914 e. The van der Waals surface area contributed by atoms with Crippen LogP contribution in [0.4, 0.5) is 0 Å². The van der Waals surface area contributed by atoms with Crippen LogP contribution in [0.2, 0.25) is 0 Å². The molecule has 1 atom stereocenters. The number of rotatable bonds is 5. The van der Waals surface area contributed by atoms with E-state index in [2.05, 4.69) is 41.7 Å². The molecule has 0 aliphatic rings. The van der Waals surface area contributed by atoms with E-state index in [0.717, 1.165) is 10.9 Å². The summed E-state index contributed by atoms with van der Waals surface area (Å²) >= 11 is 0. The zero-order chi connectivity index (χ0) is 16.4. The van der Waals surface area contributed by atoms with Crippen LogP contribution in [-0.2, 0) is 0 Å². The summed E-state index contributed by atoms with van der Waals surface area (Å²) in [5.74, 6) is 0. The van der Waals surface area contributed by atoms with Crippen LogP contribution < -0.4 is 5.32 Å². The van der Waals surface area contributed by atoms with Gasteiger partial charge in [-0.1, -0.05) is 48.5 Å². The molecule has 0 bridgehead atoms. The molecule has 0 aromatic heterocycles. The first-order valence-electron chi connectivity index (χ1n) is 7.95. The van der Waals surface area contributed by atoms with Crippen LogP contribution in [0, 0.1) is 0 Å². The number of fused-ring (bicyclic) bond motifs is 3. The molecular formula is C20H23NO2. The quantitative estimate of drug-likeness (QED) is 0.633. The summed E-state index contributed by atoms with van der Waals surface area (Å²) in [6.45, 7) is 4.26. The number of β-amino-alcohol motifs (C(OH)–C–C–N with tert-alkyl or cyclic N) is 1. The lowest BCUT2D eigenvalue weighted by atomic mass is 9.98. The van der Waals surface area contributed by atoms with Gasteiger partial charge in [-0.25, -0.2) is 0 Å². The van der Waals surface area contributed by atoms with Gasteiger partial charge in [-0.3, -0.25) is 0 Å². The first-order valence-corrected chi connectivity index (χ1v) is 7.95. The topological polar surface area (TPSA) is 52.5 Å². The molecule has 0 amide bonds. The molecule has 3 rings (SSSR count). The zero-order valence-corrected chi connectivity index (χ0v) is 13.6. The van der Waals surface area contributed by atoms with Gasteiger partial charge in [-0.05, 0) is 47.0 Å². The molecule has 0 fully saturated rings. The fraction of sp³-hybridized carbons (Fsp3) is 0.300. The lowest BCUT2D eigenvalue weighted by Crippen LogP contribution is -2.44. The maximum atomic E-state index is 10.5. The number of hydrogen-bond acceptors (Lipinski definition) is 3. The van der Waals surface area contributed by atoms with Crippen molar-refractivity contribution < 1.29 is 10.2 Å². The van der Waals surface area contributed by atoms with Crippen molar-refractivity contribution in [3.8, 4) is 0 Å². The van der Waals surface area contributed by atoms with E-state index in [0.29, 0.717) is 6.54 Å². The molecule has 3 nitrogen and oxygen atoms in total. The van der Waals surface area contributed by atoms with Crippen LogP contribution in [0.5, 0.6) is 0 Å². The van der Waals surface area contributed by atoms with E-state index in [-0.39, 0.29) is 6.61 Å². The molecule has 3 aromatic rings. The SMILES string of the molecule is CC(C)(CO)NC[C@@H](O)c1ccc2ccc3ccccc3c2c1. The lowest BCUT2D eigenvalue weighted by molar-refractivity contribution is 0.136. The van der Waals surface area contributed by atoms with Crippen LogP contribution in [0.1, 0.15) is 25.5 Å². The lowest BCUT2D eigenvalue weighted by Gasteiger charge is -2.25. The first kappa shape index (κ1) is 15.9. The van der Waals surface area contributed by atoms with Gasteiger partial charge in [0.15, 0.2) is 0 Å². The summed E-state index contributed by atoms with van der Waals surface area (Å²) in [7, 11) is 0. The molecule has 0 radical (unpaired) electrons. The van der Waals surface area contributed by atoms with Crippen molar-refractivity contribution in [1.82, 2.24) is 5.32 Å². The molecule has 0 heterocycles. The maximum absolute atomic E-state index is 10.5. The molecule has 0 aliphatic heterocycles. The molecule has 3 N–H and O–H groups in total. The van der Waals surface area contributed by atoms with E-state index < -0.39 is 11.6 Å². The monoisotopic (exact) mass is 309 g/mol. The van der Waals surface area contributed by atoms with Gasteiger partial charge in [-0.15, -0.1) is 0 Å². The van der Waals surface area contributed by atoms with E-state index >= 15 is 0 Å². The minimum atomic E-state index is -0.607. The van der Waals surface area contributed by atoms with Crippen molar-refractivity contribution in [1.29, 1.82) is 0 Å². The van der Waals surface area contributed by atoms with Gasteiger partial charge in [0.2, 0.25) is 0 Å². The molecule has 3 aromatic carbocycles. The molecule has 0 unspecified atom stereocenters. The first-order chi connectivity index (χ1) is 11.0. The highest BCUT2D eigenvalue weighted by molar-refractivity contribution is 6.07. The number of aliphatic hydroxyl groups excluding tert-OH is 2. The second-order valence-corrected chi connectivity index (χ2v) is 6.71. The van der Waals surface area contributed by atoms with Gasteiger partial charge in [0.05, 0.1) is 12.7 Å². The predicted molar refractivity (Wildman–Crippen MR) is 95.6 cm³/mol. The second-order valence-electron chi connectivity index (χ2n) is 6.71. The van der Waals surface area contributed by atoms with Crippen molar-refractivity contribution in [2.24, 2.45) is 0 Å². The summed E-state index contributed by atoms with van der Waals surface area (Å²) in [5, 5.41) is 27.7. The van der Waals surface area contributed by atoms with Crippen LogP contribution in [0.3, 0.4) is 0 Å². The van der Waals surface area contributed by atoms with Gasteiger partial charge in [0.25, 0.3) is 0 Å². The van der Waals surface area contributed by atoms with Crippen LogP contribution in [0.25, 0.3) is 21.5 Å². The van der Waals surface area contributed by atoms with E-state index in [9.17, 15) is 10.2 Å². The van der Waals surface area contributed by atoms with Gasteiger partial charge < -0.3 is 15.5 Å². The largest absolute Gasteiger partial charge is 0.394 e. The highest BCUT2D eigenvalue weighted by Gasteiger charge is 2.18. The van der Waals surface area contributed by atoms with E-state index in [4.69, 9.17) is 0 Å². The number of nitrogens with one attached hydrogen (secondary N) is 1.